The number of methoxy groups -OCH3 is 3. The first-order valence-electron chi connectivity index (χ1n) is 10.5. The molecule has 0 fully saturated rings. The minimum Gasteiger partial charge on any atom is -0.496 e. The highest BCUT2D eigenvalue weighted by Gasteiger charge is 2.29. The molecule has 0 bridgehead atoms. The minimum absolute atomic E-state index is 0.00172. The van der Waals surface area contributed by atoms with Crippen molar-refractivity contribution in [2.75, 3.05) is 21.3 Å². The highest BCUT2D eigenvalue weighted by Crippen LogP contribution is 2.48. The van der Waals surface area contributed by atoms with E-state index in [0.717, 1.165) is 33.3 Å². The van der Waals surface area contributed by atoms with Crippen LogP contribution in [0, 0.1) is 0 Å². The van der Waals surface area contributed by atoms with Crippen LogP contribution in [0.2, 0.25) is 0 Å². The van der Waals surface area contributed by atoms with Crippen LogP contribution in [0.5, 0.6) is 23.0 Å². The van der Waals surface area contributed by atoms with E-state index in [9.17, 15) is 4.79 Å². The largest absolute Gasteiger partial charge is 0.496 e. The maximum atomic E-state index is 12.4. The number of rotatable bonds is 6. The predicted molar refractivity (Wildman–Crippen MR) is 132 cm³/mol. The lowest BCUT2D eigenvalue weighted by atomic mass is 9.95. The van der Waals surface area contributed by atoms with Crippen LogP contribution in [0.4, 0.5) is 0 Å². The molecule has 0 amide bonds. The summed E-state index contributed by atoms with van der Waals surface area (Å²) in [5.74, 6) is 2.63. The number of fused-ring (bicyclic) bond motifs is 2. The Labute approximate surface area is 197 Å². The number of carbonyl (C=O) groups is 1. The molecular formula is C26H27NO5S. The van der Waals surface area contributed by atoms with Crippen LogP contribution in [-0.4, -0.2) is 37.0 Å². The second-order valence-corrected chi connectivity index (χ2v) is 9.53. The fourth-order valence-electron chi connectivity index (χ4n) is 4.06. The molecule has 2 aromatic carbocycles. The molecule has 2 heterocycles. The van der Waals surface area contributed by atoms with Crippen molar-refractivity contribution in [3.63, 3.8) is 0 Å². The lowest BCUT2D eigenvalue weighted by Crippen LogP contribution is -2.27. The van der Waals surface area contributed by atoms with Crippen LogP contribution in [0.15, 0.2) is 42.6 Å². The Hall–Kier alpha value is -3.19. The number of aromatic nitrogens is 1. The number of benzene rings is 2. The molecule has 4 rings (SSSR count). The van der Waals surface area contributed by atoms with E-state index in [0.29, 0.717) is 17.2 Å². The van der Waals surface area contributed by atoms with E-state index in [1.807, 2.05) is 56.3 Å². The van der Waals surface area contributed by atoms with Crippen molar-refractivity contribution in [1.29, 1.82) is 0 Å². The topological polar surface area (TPSA) is 66.9 Å². The number of hydrogen-bond acceptors (Lipinski definition) is 7. The molecule has 0 aliphatic carbocycles. The summed E-state index contributed by atoms with van der Waals surface area (Å²) >= 11 is 1.24. The van der Waals surface area contributed by atoms with E-state index in [1.54, 1.807) is 34.4 Å². The molecule has 0 N–H and O–H groups in total. The van der Waals surface area contributed by atoms with Crippen molar-refractivity contribution < 1.29 is 23.7 Å². The van der Waals surface area contributed by atoms with Gasteiger partial charge in [-0.25, -0.2) is 0 Å². The van der Waals surface area contributed by atoms with Crippen LogP contribution in [0.25, 0.3) is 17.0 Å². The predicted octanol–water partition coefficient (Wildman–Crippen LogP) is 5.81. The first kappa shape index (κ1) is 23.0. The van der Waals surface area contributed by atoms with E-state index >= 15 is 0 Å². The molecule has 0 spiro atoms. The highest BCUT2D eigenvalue weighted by atomic mass is 32.2. The lowest BCUT2D eigenvalue weighted by Gasteiger charge is -2.30. The molecule has 0 saturated carbocycles. The maximum Gasteiger partial charge on any atom is 0.186 e. The quantitative estimate of drug-likeness (QED) is 0.455. The molecular weight excluding hydrogens is 438 g/mol. The smallest absolute Gasteiger partial charge is 0.186 e. The summed E-state index contributed by atoms with van der Waals surface area (Å²) in [6, 6.07) is 9.60. The van der Waals surface area contributed by atoms with E-state index < -0.39 is 5.60 Å². The standard InChI is InChI=1S/C26H27NO5S/c1-15(28)33-25(16-10-12-27-20-14-23(30-5)22(29-4)13-19(16)20)18-7-8-21-17(24(18)31-6)9-11-26(2,3)32-21/h7-14,25H,1-6H3. The Kier molecular flexibility index (Phi) is 6.26. The van der Waals surface area contributed by atoms with E-state index in [4.69, 9.17) is 18.9 Å². The van der Waals surface area contributed by atoms with Gasteiger partial charge in [0.15, 0.2) is 16.6 Å². The molecule has 6 nitrogen and oxygen atoms in total. The van der Waals surface area contributed by atoms with Crippen LogP contribution in [0.1, 0.15) is 42.7 Å². The van der Waals surface area contributed by atoms with Crippen molar-refractivity contribution in [3.05, 3.63) is 59.3 Å². The molecule has 1 aromatic heterocycles. The summed E-state index contributed by atoms with van der Waals surface area (Å²) in [6.07, 6.45) is 5.77. The fourth-order valence-corrected chi connectivity index (χ4v) is 5.04. The van der Waals surface area contributed by atoms with Gasteiger partial charge in [0, 0.05) is 30.1 Å². The molecule has 1 atom stereocenters. The van der Waals surface area contributed by atoms with Gasteiger partial charge < -0.3 is 18.9 Å². The molecule has 172 valence electrons. The number of ether oxygens (including phenoxy) is 4. The number of pyridine rings is 1. The number of thioether (sulfide) groups is 1. The van der Waals surface area contributed by atoms with Crippen molar-refractivity contribution in [2.24, 2.45) is 0 Å². The second kappa shape index (κ2) is 8.98. The first-order valence-corrected chi connectivity index (χ1v) is 11.4. The lowest BCUT2D eigenvalue weighted by molar-refractivity contribution is -0.109. The van der Waals surface area contributed by atoms with Gasteiger partial charge in [-0.05, 0) is 49.8 Å². The molecule has 1 aliphatic rings. The van der Waals surface area contributed by atoms with Gasteiger partial charge >= 0.3 is 0 Å². The Morgan fingerprint density at radius 2 is 1.76 bits per heavy atom. The fraction of sp³-hybridized carbons (Fsp3) is 0.308. The van der Waals surface area contributed by atoms with Crippen molar-refractivity contribution in [3.8, 4) is 23.0 Å². The Balaban J connectivity index is 1.94. The SMILES string of the molecule is COc1cc2nccc(C(SC(C)=O)c3ccc4c(c3OC)C=CC(C)(C)O4)c2cc1OC. The van der Waals surface area contributed by atoms with Crippen LogP contribution in [0.3, 0.4) is 0 Å². The molecule has 33 heavy (non-hydrogen) atoms. The number of nitrogens with zero attached hydrogens (tertiary/aromatic N) is 1. The average molecular weight is 466 g/mol. The van der Waals surface area contributed by atoms with E-state index in [2.05, 4.69) is 4.98 Å². The summed E-state index contributed by atoms with van der Waals surface area (Å²) in [6.45, 7) is 5.58. The Morgan fingerprint density at radius 1 is 1.03 bits per heavy atom. The Morgan fingerprint density at radius 3 is 2.42 bits per heavy atom. The van der Waals surface area contributed by atoms with E-state index in [1.165, 1.54) is 11.8 Å². The molecule has 3 aromatic rings. The summed E-state index contributed by atoms with van der Waals surface area (Å²) in [4.78, 5) is 16.9. The van der Waals surface area contributed by atoms with Gasteiger partial charge in [-0.1, -0.05) is 17.8 Å². The van der Waals surface area contributed by atoms with Gasteiger partial charge in [-0.2, -0.15) is 0 Å². The monoisotopic (exact) mass is 465 g/mol. The van der Waals surface area contributed by atoms with Crippen LogP contribution >= 0.6 is 11.8 Å². The molecule has 0 saturated heterocycles. The van der Waals surface area contributed by atoms with Gasteiger partial charge in [0.25, 0.3) is 0 Å². The first-order chi connectivity index (χ1) is 15.8. The van der Waals surface area contributed by atoms with Crippen molar-refractivity contribution in [2.45, 2.75) is 31.6 Å². The third-order valence-electron chi connectivity index (χ3n) is 5.54. The molecule has 7 heteroatoms. The summed E-state index contributed by atoms with van der Waals surface area (Å²) in [5, 5.41) is 0.550. The van der Waals surface area contributed by atoms with E-state index in [-0.39, 0.29) is 10.4 Å². The van der Waals surface area contributed by atoms with Gasteiger partial charge in [0.05, 0.1) is 37.7 Å². The molecule has 1 unspecified atom stereocenters. The van der Waals surface area contributed by atoms with Crippen LogP contribution in [-0.2, 0) is 4.79 Å². The van der Waals surface area contributed by atoms with Gasteiger partial charge in [0.2, 0.25) is 0 Å². The van der Waals surface area contributed by atoms with Crippen molar-refractivity contribution >= 4 is 33.9 Å². The van der Waals surface area contributed by atoms with Gasteiger partial charge in [-0.3, -0.25) is 9.78 Å². The second-order valence-electron chi connectivity index (χ2n) is 8.25. The zero-order valence-corrected chi connectivity index (χ0v) is 20.4. The third kappa shape index (κ3) is 4.37. The maximum absolute atomic E-state index is 12.4. The summed E-state index contributed by atoms with van der Waals surface area (Å²) in [7, 11) is 4.83. The van der Waals surface area contributed by atoms with Gasteiger partial charge in [-0.15, -0.1) is 0 Å². The normalized spacial score (nSPS) is 14.8. The third-order valence-corrected chi connectivity index (χ3v) is 6.62. The highest BCUT2D eigenvalue weighted by molar-refractivity contribution is 8.13. The number of hydrogen-bond donors (Lipinski definition) is 0. The number of carbonyl (C=O) groups excluding carboxylic acids is 1. The molecule has 0 radical (unpaired) electrons. The van der Waals surface area contributed by atoms with Crippen LogP contribution < -0.4 is 18.9 Å². The zero-order valence-electron chi connectivity index (χ0n) is 19.6. The minimum atomic E-state index is -0.399. The van der Waals surface area contributed by atoms with Crippen molar-refractivity contribution in [1.82, 2.24) is 4.98 Å². The zero-order chi connectivity index (χ0) is 23.8. The Bertz CT molecular complexity index is 1250. The molecule has 1 aliphatic heterocycles. The average Bonchev–Trinajstić information content (AvgIpc) is 2.79. The summed E-state index contributed by atoms with van der Waals surface area (Å²) < 4.78 is 23.0. The summed E-state index contributed by atoms with van der Waals surface area (Å²) in [5.41, 5.74) is 3.03. The van der Waals surface area contributed by atoms with Gasteiger partial charge in [0.1, 0.15) is 17.1 Å².